The van der Waals surface area contributed by atoms with Gasteiger partial charge in [0.15, 0.2) is 11.5 Å². The highest BCUT2D eigenvalue weighted by Crippen LogP contribution is 2.32. The van der Waals surface area contributed by atoms with E-state index in [1.807, 2.05) is 0 Å². The Hall–Kier alpha value is -0.980. The van der Waals surface area contributed by atoms with Crippen molar-refractivity contribution in [1.29, 1.82) is 0 Å². The molecule has 0 saturated carbocycles. The molecule has 0 amide bonds. The van der Waals surface area contributed by atoms with Crippen LogP contribution < -0.4 is 0 Å². The number of phenols is 2. The first-order valence-corrected chi connectivity index (χ1v) is 6.43. The number of halogens is 1. The van der Waals surface area contributed by atoms with Crippen molar-refractivity contribution in [2.24, 2.45) is 0 Å². The van der Waals surface area contributed by atoms with Crippen molar-refractivity contribution < 1.29 is 20.1 Å². The number of carboxylic acid groups (broad SMARTS) is 1. The Balaban J connectivity index is 2.99. The third kappa shape index (κ3) is 3.01. The molecule has 0 aliphatic carbocycles. The summed E-state index contributed by atoms with van der Waals surface area (Å²) in [5, 5.41) is 27.7. The molecule has 16 heavy (non-hydrogen) atoms. The van der Waals surface area contributed by atoms with Crippen LogP contribution in [0.25, 0.3) is 0 Å². The van der Waals surface area contributed by atoms with Gasteiger partial charge in [0.25, 0.3) is 0 Å². The number of benzene rings is 1. The van der Waals surface area contributed by atoms with Crippen LogP contribution in [-0.2, 0) is 6.42 Å². The summed E-state index contributed by atoms with van der Waals surface area (Å²) in [6.45, 7) is 0. The number of carbonyl (C=O) groups is 1. The number of aryl methyl sites for hydroxylation is 1. The first-order valence-electron chi connectivity index (χ1n) is 4.91. The molecule has 1 aromatic rings. The summed E-state index contributed by atoms with van der Waals surface area (Å²) < 4.78 is 1.02. The number of alkyl halides is 1. The standard InChI is InChI=1S/C11H13IO4/c12-6-2-1-3-7-4-5-8(13)10(14)9(7)11(15)16/h4-5,13-14H,1-3,6H2,(H,15,16). The van der Waals surface area contributed by atoms with Crippen LogP contribution >= 0.6 is 22.6 Å². The molecule has 0 saturated heterocycles. The molecule has 0 aliphatic heterocycles. The summed E-state index contributed by atoms with van der Waals surface area (Å²) in [5.41, 5.74) is 0.376. The zero-order valence-electron chi connectivity index (χ0n) is 8.61. The third-order valence-corrected chi connectivity index (χ3v) is 3.05. The lowest BCUT2D eigenvalue weighted by Gasteiger charge is -2.08. The predicted molar refractivity (Wildman–Crippen MR) is 68.6 cm³/mol. The number of phenolic OH excluding ortho intramolecular Hbond substituents is 1. The second-order valence-corrected chi connectivity index (χ2v) is 4.50. The van der Waals surface area contributed by atoms with Crippen LogP contribution in [0.2, 0.25) is 0 Å². The van der Waals surface area contributed by atoms with Gasteiger partial charge >= 0.3 is 5.97 Å². The topological polar surface area (TPSA) is 77.8 Å². The highest BCUT2D eigenvalue weighted by molar-refractivity contribution is 14.1. The molecule has 3 N–H and O–H groups in total. The summed E-state index contributed by atoms with van der Waals surface area (Å²) in [6, 6.07) is 2.87. The Bertz CT molecular complexity index is 390. The molecule has 0 heterocycles. The van der Waals surface area contributed by atoms with Crippen molar-refractivity contribution in [3.05, 3.63) is 23.3 Å². The second kappa shape index (κ2) is 5.93. The summed E-state index contributed by atoms with van der Waals surface area (Å²) in [6.07, 6.45) is 2.47. The summed E-state index contributed by atoms with van der Waals surface area (Å²) in [5.74, 6) is -2.15. The van der Waals surface area contributed by atoms with Crippen LogP contribution in [0.5, 0.6) is 11.5 Å². The van der Waals surface area contributed by atoms with Crippen molar-refractivity contribution in [1.82, 2.24) is 0 Å². The van der Waals surface area contributed by atoms with Crippen molar-refractivity contribution in [2.45, 2.75) is 19.3 Å². The van der Waals surface area contributed by atoms with E-state index in [1.165, 1.54) is 6.07 Å². The van der Waals surface area contributed by atoms with Crippen LogP contribution in [0.15, 0.2) is 12.1 Å². The van der Waals surface area contributed by atoms with Crippen LogP contribution in [0, 0.1) is 0 Å². The smallest absolute Gasteiger partial charge is 0.339 e. The Morgan fingerprint density at radius 1 is 1.25 bits per heavy atom. The van der Waals surface area contributed by atoms with Crippen LogP contribution in [0.1, 0.15) is 28.8 Å². The van der Waals surface area contributed by atoms with Gasteiger partial charge in [0.05, 0.1) is 0 Å². The van der Waals surface area contributed by atoms with Crippen molar-refractivity contribution in [3.8, 4) is 11.5 Å². The van der Waals surface area contributed by atoms with Crippen molar-refractivity contribution in [2.75, 3.05) is 4.43 Å². The van der Waals surface area contributed by atoms with Gasteiger partial charge in [-0.15, -0.1) is 0 Å². The first-order chi connectivity index (χ1) is 7.57. The average Bonchev–Trinajstić information content (AvgIpc) is 2.23. The third-order valence-electron chi connectivity index (χ3n) is 2.29. The molecule has 0 fully saturated rings. The maximum absolute atomic E-state index is 11.0. The normalized spacial score (nSPS) is 10.3. The number of aromatic hydroxyl groups is 2. The fraction of sp³-hybridized carbons (Fsp3) is 0.364. The number of rotatable bonds is 5. The molecule has 0 atom stereocenters. The minimum Gasteiger partial charge on any atom is -0.504 e. The van der Waals surface area contributed by atoms with Crippen LogP contribution in [-0.4, -0.2) is 25.7 Å². The van der Waals surface area contributed by atoms with Crippen LogP contribution in [0.4, 0.5) is 0 Å². The van der Waals surface area contributed by atoms with E-state index in [-0.39, 0.29) is 5.56 Å². The average molecular weight is 336 g/mol. The molecule has 0 spiro atoms. The molecular formula is C11H13IO4. The minimum absolute atomic E-state index is 0.187. The van der Waals surface area contributed by atoms with E-state index in [2.05, 4.69) is 22.6 Å². The van der Waals surface area contributed by atoms with E-state index in [9.17, 15) is 15.0 Å². The maximum atomic E-state index is 11.0. The monoisotopic (exact) mass is 336 g/mol. The predicted octanol–water partition coefficient (Wildman–Crippen LogP) is 2.55. The zero-order chi connectivity index (χ0) is 12.1. The molecule has 0 aromatic heterocycles. The molecule has 5 heteroatoms. The Morgan fingerprint density at radius 3 is 2.50 bits per heavy atom. The van der Waals surface area contributed by atoms with Gasteiger partial charge in [0.1, 0.15) is 5.56 Å². The van der Waals surface area contributed by atoms with Gasteiger partial charge < -0.3 is 15.3 Å². The number of carboxylic acids is 1. The molecule has 0 radical (unpaired) electrons. The largest absolute Gasteiger partial charge is 0.504 e. The summed E-state index contributed by atoms with van der Waals surface area (Å²) in [7, 11) is 0. The highest BCUT2D eigenvalue weighted by Gasteiger charge is 2.17. The quantitative estimate of drug-likeness (QED) is 0.334. The van der Waals surface area contributed by atoms with Gasteiger partial charge in [0, 0.05) is 0 Å². The lowest BCUT2D eigenvalue weighted by Crippen LogP contribution is -2.03. The lowest BCUT2D eigenvalue weighted by molar-refractivity contribution is 0.0691. The van der Waals surface area contributed by atoms with E-state index in [0.717, 1.165) is 17.3 Å². The van der Waals surface area contributed by atoms with Crippen LogP contribution in [0.3, 0.4) is 0 Å². The molecule has 1 aromatic carbocycles. The molecule has 4 nitrogen and oxygen atoms in total. The number of hydrogen-bond donors (Lipinski definition) is 3. The number of hydrogen-bond acceptors (Lipinski definition) is 3. The fourth-order valence-corrected chi connectivity index (χ4v) is 2.02. The van der Waals surface area contributed by atoms with E-state index in [4.69, 9.17) is 5.11 Å². The Kier molecular flexibility index (Phi) is 4.85. The molecular weight excluding hydrogens is 323 g/mol. The molecule has 0 aliphatic rings. The molecule has 88 valence electrons. The SMILES string of the molecule is O=C(O)c1c(CCCCI)ccc(O)c1O. The highest BCUT2D eigenvalue weighted by atomic mass is 127. The zero-order valence-corrected chi connectivity index (χ0v) is 10.8. The molecule has 0 unspecified atom stereocenters. The van der Waals surface area contributed by atoms with E-state index >= 15 is 0 Å². The van der Waals surface area contributed by atoms with Gasteiger partial charge in [0.2, 0.25) is 0 Å². The second-order valence-electron chi connectivity index (χ2n) is 3.42. The Labute approximate surface area is 107 Å². The summed E-state index contributed by atoms with van der Waals surface area (Å²) in [4.78, 5) is 11.0. The molecule has 1 rings (SSSR count). The summed E-state index contributed by atoms with van der Waals surface area (Å²) >= 11 is 2.26. The van der Waals surface area contributed by atoms with Gasteiger partial charge in [-0.25, -0.2) is 4.79 Å². The van der Waals surface area contributed by atoms with Gasteiger partial charge in [-0.3, -0.25) is 0 Å². The maximum Gasteiger partial charge on any atom is 0.339 e. The molecule has 0 bridgehead atoms. The fourth-order valence-electron chi connectivity index (χ4n) is 1.48. The lowest BCUT2D eigenvalue weighted by atomic mass is 10.0. The van der Waals surface area contributed by atoms with Gasteiger partial charge in [-0.1, -0.05) is 28.7 Å². The van der Waals surface area contributed by atoms with E-state index in [0.29, 0.717) is 12.0 Å². The number of aromatic carboxylic acids is 1. The van der Waals surface area contributed by atoms with Crippen molar-refractivity contribution >= 4 is 28.6 Å². The number of unbranched alkanes of at least 4 members (excludes halogenated alkanes) is 1. The van der Waals surface area contributed by atoms with Crippen molar-refractivity contribution in [3.63, 3.8) is 0 Å². The van der Waals surface area contributed by atoms with Gasteiger partial charge in [-0.2, -0.15) is 0 Å². The van der Waals surface area contributed by atoms with E-state index < -0.39 is 17.5 Å². The Morgan fingerprint density at radius 2 is 1.94 bits per heavy atom. The first kappa shape index (κ1) is 13.1. The van der Waals surface area contributed by atoms with E-state index in [1.54, 1.807) is 6.07 Å². The van der Waals surface area contributed by atoms with Gasteiger partial charge in [-0.05, 0) is 35.3 Å². The minimum atomic E-state index is -1.21.